The second-order valence-corrected chi connectivity index (χ2v) is 3.65. The lowest BCUT2D eigenvalue weighted by Gasteiger charge is -2.05. The first-order chi connectivity index (χ1) is 7.65. The smallest absolute Gasteiger partial charge is 0.179 e. The Balaban J connectivity index is 2.32. The van der Waals surface area contributed by atoms with E-state index in [1.54, 1.807) is 24.3 Å². The Bertz CT molecular complexity index is 507. The molecule has 0 unspecified atom stereocenters. The summed E-state index contributed by atoms with van der Waals surface area (Å²) in [7, 11) is 0. The van der Waals surface area contributed by atoms with Crippen molar-refractivity contribution in [1.29, 1.82) is 0 Å². The van der Waals surface area contributed by atoms with E-state index in [0.717, 1.165) is 17.0 Å². The number of nitrogen functional groups attached to an aromatic ring is 1. The number of hydrogen-bond acceptors (Lipinski definition) is 3. The standard InChI is InChI=1S/C13H12N2O/c1-9-8-12(16)6-7-13(9)15-11-4-2-10(14)3-5-11/h2-8H,14H2,1H3. The predicted octanol–water partition coefficient (Wildman–Crippen LogP) is 2.43. The fourth-order valence-electron chi connectivity index (χ4n) is 1.44. The minimum Gasteiger partial charge on any atom is -0.399 e. The number of carbonyl (C=O) groups is 1. The van der Waals surface area contributed by atoms with E-state index in [2.05, 4.69) is 4.99 Å². The Labute approximate surface area is 94.0 Å². The van der Waals surface area contributed by atoms with E-state index in [4.69, 9.17) is 5.73 Å². The van der Waals surface area contributed by atoms with E-state index in [9.17, 15) is 4.79 Å². The third-order valence-electron chi connectivity index (χ3n) is 2.31. The minimum atomic E-state index is 0.00811. The molecule has 0 amide bonds. The van der Waals surface area contributed by atoms with Crippen LogP contribution in [0.3, 0.4) is 0 Å². The maximum absolute atomic E-state index is 11.1. The summed E-state index contributed by atoms with van der Waals surface area (Å²) in [6, 6.07) is 7.30. The zero-order chi connectivity index (χ0) is 11.5. The summed E-state index contributed by atoms with van der Waals surface area (Å²) in [5.41, 5.74) is 8.82. The topological polar surface area (TPSA) is 55.5 Å². The highest BCUT2D eigenvalue weighted by atomic mass is 16.1. The third kappa shape index (κ3) is 2.25. The maximum Gasteiger partial charge on any atom is 0.179 e. The Kier molecular flexibility index (Phi) is 2.68. The second kappa shape index (κ2) is 4.14. The SMILES string of the molecule is CC1=CC(=O)C=CC1=Nc1ccc(N)cc1. The summed E-state index contributed by atoms with van der Waals surface area (Å²) < 4.78 is 0. The highest BCUT2D eigenvalue weighted by Gasteiger charge is 2.06. The van der Waals surface area contributed by atoms with Crippen molar-refractivity contribution in [2.75, 3.05) is 5.73 Å². The fraction of sp³-hybridized carbons (Fsp3) is 0.0769. The number of benzene rings is 1. The van der Waals surface area contributed by atoms with Gasteiger partial charge in [0, 0.05) is 5.69 Å². The lowest BCUT2D eigenvalue weighted by atomic mass is 10.0. The molecule has 1 aliphatic carbocycles. The zero-order valence-corrected chi connectivity index (χ0v) is 8.97. The molecule has 0 aromatic heterocycles. The Morgan fingerprint density at radius 3 is 2.44 bits per heavy atom. The van der Waals surface area contributed by atoms with E-state index in [0.29, 0.717) is 5.69 Å². The molecule has 1 aromatic rings. The van der Waals surface area contributed by atoms with Gasteiger partial charge in [0.05, 0.1) is 11.4 Å². The van der Waals surface area contributed by atoms with Crippen molar-refractivity contribution in [3.05, 3.63) is 48.1 Å². The van der Waals surface area contributed by atoms with Gasteiger partial charge in [-0.2, -0.15) is 0 Å². The van der Waals surface area contributed by atoms with Crippen LogP contribution in [0.1, 0.15) is 6.92 Å². The van der Waals surface area contributed by atoms with E-state index in [1.807, 2.05) is 19.1 Å². The molecule has 2 rings (SSSR count). The number of anilines is 1. The molecule has 0 radical (unpaired) electrons. The second-order valence-electron chi connectivity index (χ2n) is 3.65. The average molecular weight is 212 g/mol. The van der Waals surface area contributed by atoms with E-state index in [-0.39, 0.29) is 5.78 Å². The van der Waals surface area contributed by atoms with Gasteiger partial charge in [-0.05, 0) is 55.0 Å². The molecule has 0 aliphatic heterocycles. The van der Waals surface area contributed by atoms with Gasteiger partial charge in [-0.15, -0.1) is 0 Å². The summed E-state index contributed by atoms with van der Waals surface area (Å²) in [6.07, 6.45) is 4.83. The first-order valence-corrected chi connectivity index (χ1v) is 5.00. The van der Waals surface area contributed by atoms with Crippen LogP contribution >= 0.6 is 0 Å². The molecule has 0 fully saturated rings. The van der Waals surface area contributed by atoms with Crippen LogP contribution in [-0.2, 0) is 4.79 Å². The summed E-state index contributed by atoms with van der Waals surface area (Å²) in [6.45, 7) is 1.87. The summed E-state index contributed by atoms with van der Waals surface area (Å²) in [4.78, 5) is 15.5. The van der Waals surface area contributed by atoms with Gasteiger partial charge < -0.3 is 5.73 Å². The lowest BCUT2D eigenvalue weighted by Crippen LogP contribution is -2.04. The van der Waals surface area contributed by atoms with Crippen molar-refractivity contribution in [2.24, 2.45) is 4.99 Å². The Morgan fingerprint density at radius 1 is 1.12 bits per heavy atom. The number of rotatable bonds is 1. The lowest BCUT2D eigenvalue weighted by molar-refractivity contribution is -0.110. The molecule has 0 atom stereocenters. The number of allylic oxidation sites excluding steroid dienone is 4. The van der Waals surface area contributed by atoms with Crippen LogP contribution in [0, 0.1) is 0 Å². The molecular weight excluding hydrogens is 200 g/mol. The molecule has 3 nitrogen and oxygen atoms in total. The zero-order valence-electron chi connectivity index (χ0n) is 8.97. The molecule has 80 valence electrons. The summed E-state index contributed by atoms with van der Waals surface area (Å²) in [5.74, 6) is 0.00811. The van der Waals surface area contributed by atoms with Crippen LogP contribution in [0.4, 0.5) is 11.4 Å². The summed E-state index contributed by atoms with van der Waals surface area (Å²) in [5, 5.41) is 0. The van der Waals surface area contributed by atoms with Crippen molar-refractivity contribution < 1.29 is 4.79 Å². The maximum atomic E-state index is 11.1. The number of nitrogens with zero attached hydrogens (tertiary/aromatic N) is 1. The fourth-order valence-corrected chi connectivity index (χ4v) is 1.44. The van der Waals surface area contributed by atoms with Crippen LogP contribution < -0.4 is 5.73 Å². The van der Waals surface area contributed by atoms with Gasteiger partial charge in [-0.1, -0.05) is 0 Å². The van der Waals surface area contributed by atoms with E-state index in [1.165, 1.54) is 6.08 Å². The average Bonchev–Trinajstić information content (AvgIpc) is 2.25. The number of hydrogen-bond donors (Lipinski definition) is 1. The highest BCUT2D eigenvalue weighted by Crippen LogP contribution is 2.17. The summed E-state index contributed by atoms with van der Waals surface area (Å²) >= 11 is 0. The molecule has 1 aliphatic rings. The van der Waals surface area contributed by atoms with Crippen molar-refractivity contribution in [1.82, 2.24) is 0 Å². The van der Waals surface area contributed by atoms with Crippen LogP contribution in [0.5, 0.6) is 0 Å². The number of ketones is 1. The van der Waals surface area contributed by atoms with Crippen LogP contribution in [0.2, 0.25) is 0 Å². The number of aliphatic imine (C=N–C) groups is 1. The molecule has 3 heteroatoms. The number of nitrogens with two attached hydrogens (primary N) is 1. The van der Waals surface area contributed by atoms with Crippen molar-refractivity contribution in [2.45, 2.75) is 6.92 Å². The Hall–Kier alpha value is -2.16. The first-order valence-electron chi connectivity index (χ1n) is 5.00. The first kappa shape index (κ1) is 10.4. The molecule has 0 bridgehead atoms. The van der Waals surface area contributed by atoms with Gasteiger partial charge in [0.1, 0.15) is 0 Å². The highest BCUT2D eigenvalue weighted by molar-refractivity contribution is 6.19. The molecule has 0 saturated carbocycles. The monoisotopic (exact) mass is 212 g/mol. The van der Waals surface area contributed by atoms with Gasteiger partial charge >= 0.3 is 0 Å². The third-order valence-corrected chi connectivity index (χ3v) is 2.31. The van der Waals surface area contributed by atoms with E-state index >= 15 is 0 Å². The van der Waals surface area contributed by atoms with Crippen molar-refractivity contribution in [3.63, 3.8) is 0 Å². The van der Waals surface area contributed by atoms with Crippen molar-refractivity contribution >= 4 is 22.9 Å². The van der Waals surface area contributed by atoms with Gasteiger partial charge in [0.15, 0.2) is 5.78 Å². The molecule has 16 heavy (non-hydrogen) atoms. The van der Waals surface area contributed by atoms with Crippen LogP contribution in [0.15, 0.2) is 53.1 Å². The number of carbonyl (C=O) groups excluding carboxylic acids is 1. The Morgan fingerprint density at radius 2 is 1.81 bits per heavy atom. The predicted molar refractivity (Wildman–Crippen MR) is 65.9 cm³/mol. The molecule has 2 N–H and O–H groups in total. The van der Waals surface area contributed by atoms with Crippen LogP contribution in [0.25, 0.3) is 0 Å². The molecular formula is C13H12N2O. The quantitative estimate of drug-likeness (QED) is 0.574. The van der Waals surface area contributed by atoms with Crippen LogP contribution in [-0.4, -0.2) is 11.5 Å². The molecule has 0 saturated heterocycles. The largest absolute Gasteiger partial charge is 0.399 e. The minimum absolute atomic E-state index is 0.00811. The van der Waals surface area contributed by atoms with Gasteiger partial charge in [0.25, 0.3) is 0 Å². The van der Waals surface area contributed by atoms with Gasteiger partial charge in [0.2, 0.25) is 0 Å². The molecule has 1 aromatic carbocycles. The van der Waals surface area contributed by atoms with Gasteiger partial charge in [-0.3, -0.25) is 4.79 Å². The van der Waals surface area contributed by atoms with Gasteiger partial charge in [-0.25, -0.2) is 4.99 Å². The molecule has 0 spiro atoms. The van der Waals surface area contributed by atoms with E-state index < -0.39 is 0 Å². The normalized spacial score (nSPS) is 17.7. The molecule has 0 heterocycles. The van der Waals surface area contributed by atoms with Crippen molar-refractivity contribution in [3.8, 4) is 0 Å².